The Balaban J connectivity index is 2.26. The van der Waals surface area contributed by atoms with E-state index in [1.807, 2.05) is 30.0 Å². The topological polar surface area (TPSA) is 48.0 Å². The zero-order chi connectivity index (χ0) is 14.5. The summed E-state index contributed by atoms with van der Waals surface area (Å²) >= 11 is 0. The monoisotopic (exact) mass is 279 g/mol. The molecule has 1 amide bonds. The second kappa shape index (κ2) is 6.72. The molecule has 5 nitrogen and oxygen atoms in total. The fraction of sp³-hybridized carbons (Fsp3) is 0.533. The molecule has 1 heterocycles. The summed E-state index contributed by atoms with van der Waals surface area (Å²) in [5.74, 6) is 0.569. The zero-order valence-corrected chi connectivity index (χ0v) is 12.2. The average molecular weight is 279 g/mol. The molecule has 0 aromatic heterocycles. The van der Waals surface area contributed by atoms with Crippen LogP contribution in [-0.4, -0.2) is 57.4 Å². The summed E-state index contributed by atoms with van der Waals surface area (Å²) in [7, 11) is 3.21. The molecule has 1 aliphatic heterocycles. The molecule has 1 unspecified atom stereocenters. The number of hydrogen-bond donors (Lipinski definition) is 0. The van der Waals surface area contributed by atoms with E-state index in [2.05, 4.69) is 0 Å². The Morgan fingerprint density at radius 1 is 1.45 bits per heavy atom. The third-order valence-corrected chi connectivity index (χ3v) is 3.43. The van der Waals surface area contributed by atoms with Gasteiger partial charge in [0.1, 0.15) is 5.75 Å². The fourth-order valence-electron chi connectivity index (χ4n) is 2.40. The Labute approximate surface area is 119 Å². The molecule has 110 valence electrons. The maximum atomic E-state index is 12.8. The largest absolute Gasteiger partial charge is 0.496 e. The Kier molecular flexibility index (Phi) is 4.98. The van der Waals surface area contributed by atoms with Crippen molar-refractivity contribution in [2.45, 2.75) is 13.0 Å². The Morgan fingerprint density at radius 2 is 2.25 bits per heavy atom. The van der Waals surface area contributed by atoms with E-state index in [0.29, 0.717) is 37.7 Å². The van der Waals surface area contributed by atoms with Crippen LogP contribution in [0.15, 0.2) is 18.2 Å². The Bertz CT molecular complexity index is 473. The number of nitrogens with zero attached hydrogens (tertiary/aromatic N) is 1. The van der Waals surface area contributed by atoms with Gasteiger partial charge in [0, 0.05) is 13.7 Å². The molecule has 1 aliphatic rings. The first-order valence-electron chi connectivity index (χ1n) is 6.69. The normalized spacial score (nSPS) is 18.9. The lowest BCUT2D eigenvalue weighted by Crippen LogP contribution is -2.50. The number of amides is 1. The van der Waals surface area contributed by atoms with Gasteiger partial charge in [0.05, 0.1) is 38.5 Å². The van der Waals surface area contributed by atoms with Crippen LogP contribution in [-0.2, 0) is 9.47 Å². The van der Waals surface area contributed by atoms with E-state index in [1.165, 1.54) is 0 Å². The first-order chi connectivity index (χ1) is 9.67. The lowest BCUT2D eigenvalue weighted by Gasteiger charge is -2.35. The number of benzene rings is 1. The lowest BCUT2D eigenvalue weighted by molar-refractivity contribution is -0.0252. The summed E-state index contributed by atoms with van der Waals surface area (Å²) in [6, 6.07) is 5.57. The van der Waals surface area contributed by atoms with Gasteiger partial charge in [-0.2, -0.15) is 0 Å². The minimum Gasteiger partial charge on any atom is -0.496 e. The summed E-state index contributed by atoms with van der Waals surface area (Å²) in [6.07, 6.45) is 0. The highest BCUT2D eigenvalue weighted by molar-refractivity contribution is 5.97. The first-order valence-corrected chi connectivity index (χ1v) is 6.69. The number of rotatable bonds is 4. The van der Waals surface area contributed by atoms with Gasteiger partial charge in [-0.1, -0.05) is 11.6 Å². The third-order valence-electron chi connectivity index (χ3n) is 3.43. The second-order valence-electron chi connectivity index (χ2n) is 4.89. The number of aryl methyl sites for hydroxylation is 1. The molecule has 2 rings (SSSR count). The van der Waals surface area contributed by atoms with Crippen LogP contribution in [0.5, 0.6) is 5.75 Å². The van der Waals surface area contributed by atoms with Crippen molar-refractivity contribution >= 4 is 5.91 Å². The molecule has 0 spiro atoms. The predicted molar refractivity (Wildman–Crippen MR) is 75.3 cm³/mol. The van der Waals surface area contributed by atoms with Crippen molar-refractivity contribution < 1.29 is 19.0 Å². The van der Waals surface area contributed by atoms with Crippen molar-refractivity contribution in [3.63, 3.8) is 0 Å². The summed E-state index contributed by atoms with van der Waals surface area (Å²) in [5, 5.41) is 0. The van der Waals surface area contributed by atoms with E-state index in [1.54, 1.807) is 14.2 Å². The van der Waals surface area contributed by atoms with Crippen molar-refractivity contribution in [3.8, 4) is 5.75 Å². The molecule has 1 aromatic rings. The quantitative estimate of drug-likeness (QED) is 0.838. The predicted octanol–water partition coefficient (Wildman–Crippen LogP) is 1.49. The number of carbonyl (C=O) groups is 1. The van der Waals surface area contributed by atoms with Crippen LogP contribution in [0.3, 0.4) is 0 Å². The molecule has 1 fully saturated rings. The standard InChI is InChI=1S/C15H21NO4/c1-11-4-5-14(19-3)13(8-11)15(17)16-6-7-20-10-12(16)9-18-2/h4-5,8,12H,6-7,9-10H2,1-3H3. The van der Waals surface area contributed by atoms with Crippen molar-refractivity contribution in [2.24, 2.45) is 0 Å². The molecule has 0 bridgehead atoms. The van der Waals surface area contributed by atoms with E-state index in [-0.39, 0.29) is 11.9 Å². The summed E-state index contributed by atoms with van der Waals surface area (Å²) < 4.78 is 15.9. The van der Waals surface area contributed by atoms with Crippen molar-refractivity contribution in [1.29, 1.82) is 0 Å². The van der Waals surface area contributed by atoms with Crippen molar-refractivity contribution in [3.05, 3.63) is 29.3 Å². The van der Waals surface area contributed by atoms with Gasteiger partial charge in [-0.25, -0.2) is 0 Å². The van der Waals surface area contributed by atoms with Crippen LogP contribution in [0.4, 0.5) is 0 Å². The minimum atomic E-state index is -0.0496. The average Bonchev–Trinajstić information content (AvgIpc) is 2.47. The van der Waals surface area contributed by atoms with Gasteiger partial charge in [0.25, 0.3) is 5.91 Å². The number of morpholine rings is 1. The van der Waals surface area contributed by atoms with Crippen molar-refractivity contribution in [2.75, 3.05) is 40.6 Å². The molecule has 5 heteroatoms. The van der Waals surface area contributed by atoms with E-state index in [4.69, 9.17) is 14.2 Å². The fourth-order valence-corrected chi connectivity index (χ4v) is 2.40. The van der Waals surface area contributed by atoms with Gasteiger partial charge < -0.3 is 19.1 Å². The molecule has 0 N–H and O–H groups in total. The van der Waals surface area contributed by atoms with E-state index in [9.17, 15) is 4.79 Å². The molecular formula is C15H21NO4. The molecule has 1 aromatic carbocycles. The lowest BCUT2D eigenvalue weighted by atomic mass is 10.1. The van der Waals surface area contributed by atoms with Crippen LogP contribution in [0.25, 0.3) is 0 Å². The van der Waals surface area contributed by atoms with Crippen LogP contribution >= 0.6 is 0 Å². The summed E-state index contributed by atoms with van der Waals surface area (Å²) in [5.41, 5.74) is 1.63. The second-order valence-corrected chi connectivity index (χ2v) is 4.89. The Hall–Kier alpha value is -1.59. The van der Waals surface area contributed by atoms with Crippen LogP contribution in [0, 0.1) is 6.92 Å². The molecule has 0 radical (unpaired) electrons. The highest BCUT2D eigenvalue weighted by Gasteiger charge is 2.29. The number of ether oxygens (including phenoxy) is 3. The number of carbonyl (C=O) groups excluding carboxylic acids is 1. The minimum absolute atomic E-state index is 0.0316. The first kappa shape index (κ1) is 14.8. The van der Waals surface area contributed by atoms with Gasteiger partial charge in [-0.3, -0.25) is 4.79 Å². The Morgan fingerprint density at radius 3 is 2.95 bits per heavy atom. The van der Waals surface area contributed by atoms with Crippen LogP contribution in [0.2, 0.25) is 0 Å². The molecule has 0 aliphatic carbocycles. The van der Waals surface area contributed by atoms with E-state index in [0.717, 1.165) is 5.56 Å². The SMILES string of the molecule is COCC1COCCN1C(=O)c1cc(C)ccc1OC. The van der Waals surface area contributed by atoms with Gasteiger partial charge in [-0.05, 0) is 19.1 Å². The van der Waals surface area contributed by atoms with E-state index >= 15 is 0 Å². The molecule has 1 atom stereocenters. The number of methoxy groups -OCH3 is 2. The van der Waals surface area contributed by atoms with E-state index < -0.39 is 0 Å². The molecule has 1 saturated heterocycles. The summed E-state index contributed by atoms with van der Waals surface area (Å²) in [6.45, 7) is 4.07. The third kappa shape index (κ3) is 3.11. The van der Waals surface area contributed by atoms with Gasteiger partial charge in [0.15, 0.2) is 0 Å². The highest BCUT2D eigenvalue weighted by Crippen LogP contribution is 2.23. The molecular weight excluding hydrogens is 258 g/mol. The van der Waals surface area contributed by atoms with Gasteiger partial charge in [-0.15, -0.1) is 0 Å². The smallest absolute Gasteiger partial charge is 0.258 e. The van der Waals surface area contributed by atoms with Crippen LogP contribution in [0.1, 0.15) is 15.9 Å². The number of hydrogen-bond acceptors (Lipinski definition) is 4. The molecule has 20 heavy (non-hydrogen) atoms. The maximum Gasteiger partial charge on any atom is 0.258 e. The van der Waals surface area contributed by atoms with Crippen LogP contribution < -0.4 is 4.74 Å². The highest BCUT2D eigenvalue weighted by atomic mass is 16.5. The van der Waals surface area contributed by atoms with Gasteiger partial charge >= 0.3 is 0 Å². The zero-order valence-electron chi connectivity index (χ0n) is 12.2. The van der Waals surface area contributed by atoms with Crippen molar-refractivity contribution in [1.82, 2.24) is 4.90 Å². The maximum absolute atomic E-state index is 12.8. The molecule has 0 saturated carbocycles. The summed E-state index contributed by atoms with van der Waals surface area (Å²) in [4.78, 5) is 14.6. The van der Waals surface area contributed by atoms with Gasteiger partial charge in [0.2, 0.25) is 0 Å².